The van der Waals surface area contributed by atoms with Crippen molar-refractivity contribution < 1.29 is 50.0 Å². The Balaban J connectivity index is 2.09. The van der Waals surface area contributed by atoms with E-state index in [1.54, 1.807) is 0 Å². The Hall–Kier alpha value is -0.400. The van der Waals surface area contributed by atoms with Crippen LogP contribution < -0.4 is 0 Å². The van der Waals surface area contributed by atoms with Crippen LogP contribution in [0, 0.1) is 0 Å². The molecule has 0 aromatic heterocycles. The van der Waals surface area contributed by atoms with Gasteiger partial charge in [-0.15, -0.1) is 0 Å². The minimum atomic E-state index is -2.29. The van der Waals surface area contributed by atoms with Gasteiger partial charge in [-0.1, -0.05) is 0 Å². The van der Waals surface area contributed by atoms with Gasteiger partial charge < -0.3 is 50.0 Å². The minimum absolute atomic E-state index is 0.326. The second kappa shape index (κ2) is 6.38. The fraction of sp³-hybridized carbons (Fsp3) is 1.00. The highest BCUT2D eigenvalue weighted by Crippen LogP contribution is 2.33. The highest BCUT2D eigenvalue weighted by atomic mass is 16.7. The lowest BCUT2D eigenvalue weighted by Gasteiger charge is -2.38. The van der Waals surface area contributed by atoms with Gasteiger partial charge in [-0.2, -0.15) is 0 Å². The van der Waals surface area contributed by atoms with Gasteiger partial charge in [0.1, 0.15) is 36.6 Å². The smallest absolute Gasteiger partial charge is 0.219 e. The summed E-state index contributed by atoms with van der Waals surface area (Å²) in [5.74, 6) is -2.29. The molecule has 2 rings (SSSR count). The van der Waals surface area contributed by atoms with E-state index in [1.165, 1.54) is 0 Å². The fourth-order valence-electron chi connectivity index (χ4n) is 2.36. The van der Waals surface area contributed by atoms with E-state index in [9.17, 15) is 30.6 Å². The Morgan fingerprint density at radius 1 is 1.05 bits per heavy atom. The van der Waals surface area contributed by atoms with Crippen molar-refractivity contribution in [2.75, 3.05) is 19.8 Å². The van der Waals surface area contributed by atoms with Crippen LogP contribution in [-0.2, 0) is 14.2 Å². The van der Waals surface area contributed by atoms with E-state index in [0.29, 0.717) is 0 Å². The van der Waals surface area contributed by atoms with E-state index in [0.717, 1.165) is 0 Å². The molecular formula is C11H20O10. The maximum atomic E-state index is 10.0. The molecule has 0 aromatic rings. The normalized spacial score (nSPS) is 51.3. The Morgan fingerprint density at radius 2 is 1.71 bits per heavy atom. The van der Waals surface area contributed by atoms with E-state index in [2.05, 4.69) is 0 Å². The van der Waals surface area contributed by atoms with Crippen LogP contribution >= 0.6 is 0 Å². The summed E-state index contributed by atoms with van der Waals surface area (Å²) in [6, 6.07) is 0. The van der Waals surface area contributed by atoms with Crippen molar-refractivity contribution in [3.8, 4) is 0 Å². The number of hydrogen-bond acceptors (Lipinski definition) is 10. The first-order valence-electron chi connectivity index (χ1n) is 6.45. The molecule has 0 saturated carbocycles. The third-order valence-electron chi connectivity index (χ3n) is 3.63. The molecule has 0 amide bonds. The molecule has 0 aliphatic carbocycles. The summed E-state index contributed by atoms with van der Waals surface area (Å²) in [5, 5.41) is 66.8. The van der Waals surface area contributed by atoms with Gasteiger partial charge in [-0.05, 0) is 0 Å². The molecule has 10 heteroatoms. The SMILES string of the molecule is OC[C@H]1O[C@](O)(CO)[C@@H](O[C@@H]2OC[C@@H](O)[C@@H](O)[C@H]2O)[C@@H]1O. The van der Waals surface area contributed by atoms with Crippen LogP contribution in [0.2, 0.25) is 0 Å². The number of hydrogen-bond donors (Lipinski definition) is 7. The van der Waals surface area contributed by atoms with Crippen LogP contribution in [0.3, 0.4) is 0 Å². The molecular weight excluding hydrogens is 292 g/mol. The Bertz CT molecular complexity index is 354. The van der Waals surface area contributed by atoms with Gasteiger partial charge in [0.15, 0.2) is 6.29 Å². The van der Waals surface area contributed by atoms with Crippen molar-refractivity contribution in [2.45, 2.75) is 48.7 Å². The summed E-state index contributed by atoms with van der Waals surface area (Å²) in [4.78, 5) is 0. The molecule has 7 N–H and O–H groups in total. The van der Waals surface area contributed by atoms with Crippen LogP contribution in [-0.4, -0.2) is 104 Å². The third-order valence-corrected chi connectivity index (χ3v) is 3.63. The fourth-order valence-corrected chi connectivity index (χ4v) is 2.36. The van der Waals surface area contributed by atoms with E-state index in [4.69, 9.17) is 19.3 Å². The summed E-state index contributed by atoms with van der Waals surface area (Å²) in [6.45, 7) is -1.88. The van der Waals surface area contributed by atoms with Crippen molar-refractivity contribution >= 4 is 0 Å². The predicted molar refractivity (Wildman–Crippen MR) is 62.6 cm³/mol. The van der Waals surface area contributed by atoms with E-state index in [-0.39, 0.29) is 6.61 Å². The number of rotatable bonds is 4. The number of ether oxygens (including phenoxy) is 3. The Morgan fingerprint density at radius 3 is 2.29 bits per heavy atom. The van der Waals surface area contributed by atoms with E-state index < -0.39 is 61.9 Å². The van der Waals surface area contributed by atoms with Gasteiger partial charge in [0.05, 0.1) is 19.8 Å². The average molecular weight is 312 g/mol. The van der Waals surface area contributed by atoms with Gasteiger partial charge in [0.25, 0.3) is 0 Å². The molecule has 21 heavy (non-hydrogen) atoms. The van der Waals surface area contributed by atoms with Crippen LogP contribution in [0.4, 0.5) is 0 Å². The molecule has 0 spiro atoms. The van der Waals surface area contributed by atoms with Crippen molar-refractivity contribution in [1.29, 1.82) is 0 Å². The largest absolute Gasteiger partial charge is 0.394 e. The van der Waals surface area contributed by atoms with Crippen molar-refractivity contribution in [3.05, 3.63) is 0 Å². The summed E-state index contributed by atoms with van der Waals surface area (Å²) in [7, 11) is 0. The highest BCUT2D eigenvalue weighted by molar-refractivity contribution is 4.97. The number of aliphatic hydroxyl groups is 7. The van der Waals surface area contributed by atoms with E-state index in [1.807, 2.05) is 0 Å². The first-order chi connectivity index (χ1) is 9.84. The van der Waals surface area contributed by atoms with Crippen molar-refractivity contribution in [3.63, 3.8) is 0 Å². The quantitative estimate of drug-likeness (QED) is 0.267. The standard InChI is InChI=1S/C11H20O10/c12-1-5-7(16)9(11(18,3-13)21-5)20-10-8(17)6(15)4(14)2-19-10/h4-10,12-18H,1-3H2/t4-,5-,6-,7-,8-,9+,10+,11-/m1/s1. The molecule has 124 valence electrons. The monoisotopic (exact) mass is 312 g/mol. The molecule has 2 aliphatic rings. The maximum absolute atomic E-state index is 10.0. The number of aliphatic hydroxyl groups excluding tert-OH is 6. The molecule has 0 aromatic carbocycles. The molecule has 2 aliphatic heterocycles. The highest BCUT2D eigenvalue weighted by Gasteiger charge is 2.56. The van der Waals surface area contributed by atoms with Gasteiger partial charge in [-0.3, -0.25) is 0 Å². The average Bonchev–Trinajstić information content (AvgIpc) is 2.72. The van der Waals surface area contributed by atoms with Crippen LogP contribution in [0.15, 0.2) is 0 Å². The lowest BCUT2D eigenvalue weighted by molar-refractivity contribution is -0.325. The van der Waals surface area contributed by atoms with Gasteiger partial charge >= 0.3 is 0 Å². The lowest BCUT2D eigenvalue weighted by atomic mass is 10.0. The van der Waals surface area contributed by atoms with Gasteiger partial charge in [0, 0.05) is 0 Å². The van der Waals surface area contributed by atoms with Crippen LogP contribution in [0.1, 0.15) is 0 Å². The summed E-state index contributed by atoms with van der Waals surface area (Å²) in [6.07, 6.45) is -10.1. The molecule has 0 bridgehead atoms. The second-order valence-corrected chi connectivity index (χ2v) is 5.14. The molecule has 0 unspecified atom stereocenters. The zero-order valence-corrected chi connectivity index (χ0v) is 11.0. The van der Waals surface area contributed by atoms with E-state index >= 15 is 0 Å². The summed E-state index contributed by atoms with van der Waals surface area (Å²) in [5.41, 5.74) is 0. The van der Waals surface area contributed by atoms with Crippen molar-refractivity contribution in [2.24, 2.45) is 0 Å². The topological polar surface area (TPSA) is 169 Å². The zero-order chi connectivity index (χ0) is 15.8. The third kappa shape index (κ3) is 3.05. The first kappa shape index (κ1) is 17.0. The Kier molecular flexibility index (Phi) is 5.15. The second-order valence-electron chi connectivity index (χ2n) is 5.14. The molecule has 0 radical (unpaired) electrons. The zero-order valence-electron chi connectivity index (χ0n) is 11.0. The predicted octanol–water partition coefficient (Wildman–Crippen LogP) is -4.76. The van der Waals surface area contributed by atoms with Crippen LogP contribution in [0.25, 0.3) is 0 Å². The van der Waals surface area contributed by atoms with Crippen LogP contribution in [0.5, 0.6) is 0 Å². The van der Waals surface area contributed by atoms with Crippen molar-refractivity contribution in [1.82, 2.24) is 0 Å². The Labute approximate surface area is 119 Å². The molecule has 2 saturated heterocycles. The lowest BCUT2D eigenvalue weighted by Crippen LogP contribution is -2.58. The summed E-state index contributed by atoms with van der Waals surface area (Å²) < 4.78 is 15.1. The molecule has 2 heterocycles. The first-order valence-corrected chi connectivity index (χ1v) is 6.45. The molecule has 2 fully saturated rings. The summed E-state index contributed by atoms with van der Waals surface area (Å²) >= 11 is 0. The van der Waals surface area contributed by atoms with Gasteiger partial charge in [0.2, 0.25) is 5.79 Å². The van der Waals surface area contributed by atoms with Gasteiger partial charge in [-0.25, -0.2) is 0 Å². The molecule has 8 atom stereocenters. The minimum Gasteiger partial charge on any atom is -0.394 e. The maximum Gasteiger partial charge on any atom is 0.219 e. The molecule has 10 nitrogen and oxygen atoms in total.